The van der Waals surface area contributed by atoms with Gasteiger partial charge in [0.2, 0.25) is 10.0 Å². The maximum Gasteiger partial charge on any atom is 0.240 e. The van der Waals surface area contributed by atoms with Gasteiger partial charge in [-0.2, -0.15) is 11.3 Å². The molecule has 0 radical (unpaired) electrons. The number of guanidine groups is 1. The monoisotopic (exact) mass is 436 g/mol. The van der Waals surface area contributed by atoms with E-state index in [4.69, 9.17) is 4.74 Å². The Bertz CT molecular complexity index is 875. The van der Waals surface area contributed by atoms with Crippen LogP contribution in [0.15, 0.2) is 51.0 Å². The summed E-state index contributed by atoms with van der Waals surface area (Å²) in [5.74, 6) is 0.730. The van der Waals surface area contributed by atoms with Gasteiger partial charge >= 0.3 is 0 Å². The number of hydrogen-bond acceptors (Lipinski definition) is 5. The molecule has 3 rings (SSSR count). The summed E-state index contributed by atoms with van der Waals surface area (Å²) in [4.78, 5) is 4.83. The van der Waals surface area contributed by atoms with Gasteiger partial charge in [0.1, 0.15) is 0 Å². The molecule has 1 fully saturated rings. The summed E-state index contributed by atoms with van der Waals surface area (Å²) in [6, 6.07) is 8.95. The topological polar surface area (TPSA) is 91.8 Å². The number of rotatable bonds is 9. The van der Waals surface area contributed by atoms with Gasteiger partial charge in [0.25, 0.3) is 0 Å². The SMILES string of the molecule is CCNC(=NCc1ccsc1)NCc1ccc(S(=O)(=O)NCC2CCCO2)cc1. The van der Waals surface area contributed by atoms with E-state index in [1.54, 1.807) is 23.5 Å². The molecular weight excluding hydrogens is 408 g/mol. The molecule has 1 atom stereocenters. The van der Waals surface area contributed by atoms with Crippen LogP contribution in [0.4, 0.5) is 0 Å². The molecule has 1 aliphatic heterocycles. The van der Waals surface area contributed by atoms with E-state index < -0.39 is 10.0 Å². The Labute approximate surface area is 176 Å². The molecule has 7 nitrogen and oxygen atoms in total. The van der Waals surface area contributed by atoms with E-state index in [0.29, 0.717) is 26.2 Å². The Morgan fingerprint density at radius 1 is 1.21 bits per heavy atom. The molecule has 1 aromatic carbocycles. The van der Waals surface area contributed by atoms with Gasteiger partial charge in [0.05, 0.1) is 17.5 Å². The normalized spacial score (nSPS) is 17.4. The van der Waals surface area contributed by atoms with Crippen LogP contribution in [0.3, 0.4) is 0 Å². The van der Waals surface area contributed by atoms with Crippen LogP contribution in [0.1, 0.15) is 30.9 Å². The van der Waals surface area contributed by atoms with Crippen molar-refractivity contribution in [1.29, 1.82) is 0 Å². The minimum atomic E-state index is -3.52. The molecule has 29 heavy (non-hydrogen) atoms. The summed E-state index contributed by atoms with van der Waals surface area (Å²) >= 11 is 1.66. The first kappa shape index (κ1) is 21.8. The average Bonchev–Trinajstić information content (AvgIpc) is 3.43. The number of thiophene rings is 1. The van der Waals surface area contributed by atoms with Gasteiger partial charge in [-0.25, -0.2) is 18.1 Å². The number of hydrogen-bond donors (Lipinski definition) is 3. The number of ether oxygens (including phenoxy) is 1. The lowest BCUT2D eigenvalue weighted by molar-refractivity contribution is 0.114. The zero-order chi connectivity index (χ0) is 20.5. The van der Waals surface area contributed by atoms with E-state index in [0.717, 1.165) is 30.9 Å². The third-order valence-corrected chi connectivity index (χ3v) is 6.73. The molecule has 3 N–H and O–H groups in total. The molecule has 9 heteroatoms. The fourth-order valence-corrected chi connectivity index (χ4v) is 4.68. The number of nitrogens with zero attached hydrogens (tertiary/aromatic N) is 1. The number of sulfonamides is 1. The van der Waals surface area contributed by atoms with E-state index >= 15 is 0 Å². The van der Waals surface area contributed by atoms with Crippen LogP contribution in [-0.2, 0) is 27.8 Å². The molecule has 1 aromatic heterocycles. The van der Waals surface area contributed by atoms with Crippen molar-refractivity contribution in [3.8, 4) is 0 Å². The fraction of sp³-hybridized carbons (Fsp3) is 0.450. The second-order valence-electron chi connectivity index (χ2n) is 6.81. The summed E-state index contributed by atoms with van der Waals surface area (Å²) in [6.07, 6.45) is 1.86. The Morgan fingerprint density at radius 3 is 2.69 bits per heavy atom. The highest BCUT2D eigenvalue weighted by atomic mass is 32.2. The van der Waals surface area contributed by atoms with Gasteiger partial charge in [0, 0.05) is 26.2 Å². The highest BCUT2D eigenvalue weighted by Gasteiger charge is 2.20. The molecule has 0 saturated carbocycles. The van der Waals surface area contributed by atoms with E-state index in [1.807, 2.05) is 24.4 Å². The Balaban J connectivity index is 1.53. The minimum Gasteiger partial charge on any atom is -0.377 e. The molecule has 0 amide bonds. The maximum absolute atomic E-state index is 12.4. The summed E-state index contributed by atoms with van der Waals surface area (Å²) in [5.41, 5.74) is 2.15. The second kappa shape index (κ2) is 10.7. The Morgan fingerprint density at radius 2 is 2.03 bits per heavy atom. The Kier molecular flexibility index (Phi) is 8.05. The van der Waals surface area contributed by atoms with Gasteiger partial charge in [-0.3, -0.25) is 0 Å². The molecule has 2 aromatic rings. The first-order valence-corrected chi connectivity index (χ1v) is 12.2. The lowest BCUT2D eigenvalue weighted by atomic mass is 10.2. The average molecular weight is 437 g/mol. The molecule has 0 aliphatic carbocycles. The summed E-state index contributed by atoms with van der Waals surface area (Å²) in [6.45, 7) is 4.98. The van der Waals surface area contributed by atoms with Crippen molar-refractivity contribution in [2.24, 2.45) is 4.99 Å². The standard InChI is InChI=1S/C20H28N4O3S2/c1-2-21-20(23-13-17-9-11-28-15-17)22-12-16-5-7-19(8-6-16)29(25,26)24-14-18-4-3-10-27-18/h5-9,11,15,18,24H,2-4,10,12-14H2,1H3,(H2,21,22,23). The summed E-state index contributed by atoms with van der Waals surface area (Å²) in [7, 11) is -3.52. The smallest absolute Gasteiger partial charge is 0.240 e. The molecule has 2 heterocycles. The molecule has 1 saturated heterocycles. The van der Waals surface area contributed by atoms with Crippen molar-refractivity contribution in [2.75, 3.05) is 19.7 Å². The van der Waals surface area contributed by atoms with Crippen LogP contribution < -0.4 is 15.4 Å². The van der Waals surface area contributed by atoms with Crippen molar-refractivity contribution < 1.29 is 13.2 Å². The predicted molar refractivity (Wildman–Crippen MR) is 117 cm³/mol. The van der Waals surface area contributed by atoms with E-state index in [-0.39, 0.29) is 11.0 Å². The lowest BCUT2D eigenvalue weighted by Gasteiger charge is -2.13. The second-order valence-corrected chi connectivity index (χ2v) is 9.36. The number of benzene rings is 1. The van der Waals surface area contributed by atoms with Crippen molar-refractivity contribution in [1.82, 2.24) is 15.4 Å². The predicted octanol–water partition coefficient (Wildman–Crippen LogP) is 2.46. The fourth-order valence-electron chi connectivity index (χ4n) is 2.96. The molecule has 0 bridgehead atoms. The molecule has 1 aliphatic rings. The van der Waals surface area contributed by atoms with Crippen LogP contribution in [0.5, 0.6) is 0 Å². The summed E-state index contributed by atoms with van der Waals surface area (Å²) in [5, 5.41) is 10.6. The third-order valence-electron chi connectivity index (χ3n) is 4.56. The number of nitrogens with one attached hydrogen (secondary N) is 3. The zero-order valence-electron chi connectivity index (χ0n) is 16.6. The summed E-state index contributed by atoms with van der Waals surface area (Å²) < 4.78 is 33.0. The van der Waals surface area contributed by atoms with Gasteiger partial charge in [-0.1, -0.05) is 12.1 Å². The van der Waals surface area contributed by atoms with Crippen LogP contribution in [0, 0.1) is 0 Å². The van der Waals surface area contributed by atoms with Crippen molar-refractivity contribution >= 4 is 27.3 Å². The van der Waals surface area contributed by atoms with E-state index in [9.17, 15) is 8.42 Å². The van der Waals surface area contributed by atoms with Gasteiger partial charge in [-0.05, 0) is 59.9 Å². The van der Waals surface area contributed by atoms with Crippen LogP contribution in [0.25, 0.3) is 0 Å². The number of aliphatic imine (C=N–C) groups is 1. The van der Waals surface area contributed by atoms with Gasteiger partial charge in [0.15, 0.2) is 5.96 Å². The van der Waals surface area contributed by atoms with Gasteiger partial charge in [-0.15, -0.1) is 0 Å². The van der Waals surface area contributed by atoms with Crippen LogP contribution in [-0.4, -0.2) is 40.2 Å². The van der Waals surface area contributed by atoms with Crippen LogP contribution in [0.2, 0.25) is 0 Å². The van der Waals surface area contributed by atoms with Crippen molar-refractivity contribution in [2.45, 2.75) is 43.9 Å². The van der Waals surface area contributed by atoms with Crippen molar-refractivity contribution in [3.05, 3.63) is 52.2 Å². The largest absolute Gasteiger partial charge is 0.377 e. The molecule has 1 unspecified atom stereocenters. The van der Waals surface area contributed by atoms with Crippen LogP contribution >= 0.6 is 11.3 Å². The lowest BCUT2D eigenvalue weighted by Crippen LogP contribution is -2.36. The molecule has 0 spiro atoms. The first-order valence-electron chi connectivity index (χ1n) is 9.80. The highest BCUT2D eigenvalue weighted by molar-refractivity contribution is 7.89. The molecular formula is C20H28N4O3S2. The highest BCUT2D eigenvalue weighted by Crippen LogP contribution is 2.14. The Hall–Kier alpha value is -1.94. The van der Waals surface area contributed by atoms with E-state index in [2.05, 4.69) is 31.8 Å². The quantitative estimate of drug-likeness (QED) is 0.415. The van der Waals surface area contributed by atoms with Gasteiger partial charge < -0.3 is 15.4 Å². The third kappa shape index (κ3) is 6.81. The molecule has 158 valence electrons. The van der Waals surface area contributed by atoms with E-state index in [1.165, 1.54) is 5.56 Å². The minimum absolute atomic E-state index is 0.0221. The van der Waals surface area contributed by atoms with Crippen molar-refractivity contribution in [3.63, 3.8) is 0 Å². The first-order chi connectivity index (χ1) is 14.1. The maximum atomic E-state index is 12.4. The zero-order valence-corrected chi connectivity index (χ0v) is 18.2.